The van der Waals surface area contributed by atoms with Gasteiger partial charge in [-0.15, -0.1) is 0 Å². The molecule has 1 N–H and O–H groups in total. The summed E-state index contributed by atoms with van der Waals surface area (Å²) in [6.07, 6.45) is 41.1. The minimum absolute atomic E-state index is 0.0249. The first kappa shape index (κ1) is 23.7. The molecular formula is C32H48O. The summed E-state index contributed by atoms with van der Waals surface area (Å²) >= 11 is 0. The Morgan fingerprint density at radius 1 is 0.667 bits per heavy atom. The number of aliphatic hydroxyl groups excluding tert-OH is 1. The van der Waals surface area contributed by atoms with Crippen molar-refractivity contribution in [3.8, 4) is 0 Å². The predicted octanol–water partition coefficient (Wildman–Crippen LogP) is 8.85. The van der Waals surface area contributed by atoms with Crippen LogP contribution < -0.4 is 0 Å². The lowest BCUT2D eigenvalue weighted by Crippen LogP contribution is -2.57. The van der Waals surface area contributed by atoms with Gasteiger partial charge in [-0.3, -0.25) is 0 Å². The number of hydrogen-bond acceptors (Lipinski definition) is 1. The van der Waals surface area contributed by atoms with Crippen molar-refractivity contribution >= 4 is 0 Å². The van der Waals surface area contributed by atoms with Crippen molar-refractivity contribution in [1.29, 1.82) is 0 Å². The van der Waals surface area contributed by atoms with E-state index in [-0.39, 0.29) is 11.5 Å². The predicted molar refractivity (Wildman–Crippen MR) is 140 cm³/mol. The van der Waals surface area contributed by atoms with E-state index in [0.717, 1.165) is 12.8 Å². The average Bonchev–Trinajstić information content (AvgIpc) is 2.76. The maximum Gasteiger partial charge on any atom is 0.0540 e. The van der Waals surface area contributed by atoms with Crippen molar-refractivity contribution in [2.75, 3.05) is 0 Å². The fraction of sp³-hybridized carbons (Fsp3) is 0.750. The van der Waals surface area contributed by atoms with E-state index >= 15 is 0 Å². The summed E-state index contributed by atoms with van der Waals surface area (Å²) in [4.78, 5) is 0. The summed E-state index contributed by atoms with van der Waals surface area (Å²) in [6, 6.07) is 0. The third-order valence-corrected chi connectivity index (χ3v) is 10.2. The van der Waals surface area contributed by atoms with Gasteiger partial charge in [-0.1, -0.05) is 101 Å². The Balaban J connectivity index is 1.18. The van der Waals surface area contributed by atoms with Gasteiger partial charge in [0.25, 0.3) is 0 Å². The second kappa shape index (κ2) is 8.85. The van der Waals surface area contributed by atoms with E-state index < -0.39 is 0 Å². The molecule has 0 heterocycles. The van der Waals surface area contributed by atoms with Gasteiger partial charge < -0.3 is 5.11 Å². The largest absolute Gasteiger partial charge is 0.393 e. The van der Waals surface area contributed by atoms with E-state index in [2.05, 4.69) is 62.5 Å². The summed E-state index contributed by atoms with van der Waals surface area (Å²) in [5.41, 5.74) is 1.91. The Labute approximate surface area is 203 Å². The number of hydrogen-bond donors (Lipinski definition) is 1. The van der Waals surface area contributed by atoms with Gasteiger partial charge in [0.05, 0.1) is 6.10 Å². The van der Waals surface area contributed by atoms with Crippen LogP contribution in [0.25, 0.3) is 0 Å². The number of rotatable bonds is 6. The fourth-order valence-electron chi connectivity index (χ4n) is 8.57. The van der Waals surface area contributed by atoms with Gasteiger partial charge in [0.1, 0.15) is 0 Å². The van der Waals surface area contributed by atoms with Crippen LogP contribution in [0.5, 0.6) is 0 Å². The molecule has 0 amide bonds. The third kappa shape index (κ3) is 4.61. The van der Waals surface area contributed by atoms with Gasteiger partial charge in [-0.25, -0.2) is 0 Å². The molecule has 0 unspecified atom stereocenters. The van der Waals surface area contributed by atoms with Crippen LogP contribution in [-0.2, 0) is 0 Å². The van der Waals surface area contributed by atoms with Crippen LogP contribution in [0.1, 0.15) is 117 Å². The molecule has 0 atom stereocenters. The van der Waals surface area contributed by atoms with Gasteiger partial charge in [0.15, 0.2) is 0 Å². The Morgan fingerprint density at radius 2 is 1.18 bits per heavy atom. The second-order valence-corrected chi connectivity index (χ2v) is 13.2. The molecule has 0 aromatic rings. The lowest BCUT2D eigenvalue weighted by Gasteiger charge is -2.68. The van der Waals surface area contributed by atoms with E-state index in [1.54, 1.807) is 0 Å². The van der Waals surface area contributed by atoms with E-state index in [9.17, 15) is 5.11 Å². The van der Waals surface area contributed by atoms with Gasteiger partial charge in [-0.05, 0) is 75.0 Å². The van der Waals surface area contributed by atoms with Crippen LogP contribution in [0.2, 0.25) is 0 Å². The Hall–Kier alpha value is -1.08. The van der Waals surface area contributed by atoms with Crippen molar-refractivity contribution in [2.24, 2.45) is 27.1 Å². The van der Waals surface area contributed by atoms with Crippen molar-refractivity contribution in [1.82, 2.24) is 0 Å². The first-order valence-corrected chi connectivity index (χ1v) is 14.4. The van der Waals surface area contributed by atoms with Crippen molar-refractivity contribution in [2.45, 2.75) is 123 Å². The Morgan fingerprint density at radius 3 is 1.70 bits per heavy atom. The lowest BCUT2D eigenvalue weighted by atomic mass is 9.36. The molecule has 182 valence electrons. The smallest absolute Gasteiger partial charge is 0.0540 e. The average molecular weight is 449 g/mol. The molecule has 0 bridgehead atoms. The highest BCUT2D eigenvalue weighted by molar-refractivity contribution is 5.42. The normalized spacial score (nSPS) is 29.8. The van der Waals surface area contributed by atoms with Gasteiger partial charge in [0, 0.05) is 16.2 Å². The molecule has 1 nitrogen and oxygen atoms in total. The standard InChI is InChI=1S/C32H48O/c1-3-5-11-28(12-6-4-2)15-17-29(18-16-28)19-21-31(22-20-29)25-32(26-31)23-30(24-32)13-7-9-27(33)10-8-14-30/h15-22,27,33H,3-14,23-26H2,1-2H3. The summed E-state index contributed by atoms with van der Waals surface area (Å²) in [7, 11) is 0. The molecular weight excluding hydrogens is 400 g/mol. The van der Waals surface area contributed by atoms with Crippen molar-refractivity contribution in [3.05, 3.63) is 48.6 Å². The lowest BCUT2D eigenvalue weighted by molar-refractivity contribution is -0.150. The van der Waals surface area contributed by atoms with Gasteiger partial charge in [0.2, 0.25) is 0 Å². The number of allylic oxidation sites excluding steroid dienone is 8. The van der Waals surface area contributed by atoms with Crippen molar-refractivity contribution in [3.63, 3.8) is 0 Å². The highest BCUT2D eigenvalue weighted by Crippen LogP contribution is 2.74. The second-order valence-electron chi connectivity index (χ2n) is 13.2. The number of aliphatic hydroxyl groups is 1. The molecule has 0 aromatic heterocycles. The molecule has 0 aliphatic heterocycles. The molecule has 3 fully saturated rings. The third-order valence-electron chi connectivity index (χ3n) is 10.2. The zero-order chi connectivity index (χ0) is 23.0. The zero-order valence-corrected chi connectivity index (χ0v) is 21.5. The molecule has 4 spiro atoms. The molecule has 5 aliphatic rings. The van der Waals surface area contributed by atoms with Crippen LogP contribution in [0.4, 0.5) is 0 Å². The van der Waals surface area contributed by atoms with Crippen LogP contribution in [0.3, 0.4) is 0 Å². The first-order valence-electron chi connectivity index (χ1n) is 14.4. The first-order chi connectivity index (χ1) is 15.9. The highest BCUT2D eigenvalue weighted by Gasteiger charge is 2.63. The summed E-state index contributed by atoms with van der Waals surface area (Å²) in [5, 5.41) is 9.99. The maximum absolute atomic E-state index is 9.99. The van der Waals surface area contributed by atoms with Crippen LogP contribution >= 0.6 is 0 Å². The topological polar surface area (TPSA) is 20.2 Å². The fourth-order valence-corrected chi connectivity index (χ4v) is 8.57. The van der Waals surface area contributed by atoms with Crippen LogP contribution in [0, 0.1) is 27.1 Å². The van der Waals surface area contributed by atoms with Crippen LogP contribution in [-0.4, -0.2) is 11.2 Å². The van der Waals surface area contributed by atoms with E-state index in [1.165, 1.54) is 89.9 Å². The molecule has 3 saturated carbocycles. The molecule has 33 heavy (non-hydrogen) atoms. The molecule has 1 heteroatoms. The number of unbranched alkanes of at least 4 members (excludes halogenated alkanes) is 2. The molecule has 0 radical (unpaired) electrons. The Kier molecular flexibility index (Phi) is 6.34. The summed E-state index contributed by atoms with van der Waals surface area (Å²) in [5.74, 6) is 0. The van der Waals surface area contributed by atoms with E-state index in [4.69, 9.17) is 0 Å². The molecule has 0 aromatic carbocycles. The quantitative estimate of drug-likeness (QED) is 0.402. The zero-order valence-electron chi connectivity index (χ0n) is 21.5. The van der Waals surface area contributed by atoms with Gasteiger partial charge in [-0.2, -0.15) is 0 Å². The molecule has 0 saturated heterocycles. The van der Waals surface area contributed by atoms with E-state index in [1.807, 2.05) is 0 Å². The Bertz CT molecular complexity index is 755. The summed E-state index contributed by atoms with van der Waals surface area (Å²) in [6.45, 7) is 4.63. The monoisotopic (exact) mass is 448 g/mol. The molecule has 5 rings (SSSR count). The summed E-state index contributed by atoms with van der Waals surface area (Å²) < 4.78 is 0. The van der Waals surface area contributed by atoms with Crippen molar-refractivity contribution < 1.29 is 5.11 Å². The maximum atomic E-state index is 9.99. The minimum atomic E-state index is -0.0282. The molecule has 5 aliphatic carbocycles. The van der Waals surface area contributed by atoms with E-state index in [0.29, 0.717) is 21.7 Å². The van der Waals surface area contributed by atoms with Crippen LogP contribution in [0.15, 0.2) is 48.6 Å². The SMILES string of the molecule is CCCCC1(CCCC)C=CC2(C=C1)C=CC1(C=C2)CC2(C1)CC1(CCCC(O)CCC1)C2. The highest BCUT2D eigenvalue weighted by atomic mass is 16.3. The minimum Gasteiger partial charge on any atom is -0.393 e. The van der Waals surface area contributed by atoms with Gasteiger partial charge >= 0.3 is 0 Å².